The molecule has 0 amide bonds. The van der Waals surface area contributed by atoms with Crippen LogP contribution in [0, 0.1) is 17.8 Å². The van der Waals surface area contributed by atoms with Gasteiger partial charge in [-0.05, 0) is 70.6 Å². The molecule has 0 radical (unpaired) electrons. The van der Waals surface area contributed by atoms with E-state index in [4.69, 9.17) is 26.1 Å². The van der Waals surface area contributed by atoms with Crippen molar-refractivity contribution >= 4 is 18.7 Å². The van der Waals surface area contributed by atoms with Gasteiger partial charge in [0.2, 0.25) is 5.79 Å². The minimum atomic E-state index is -1.41. The van der Waals surface area contributed by atoms with Crippen molar-refractivity contribution in [2.75, 3.05) is 7.11 Å². The second-order valence-corrected chi connectivity index (χ2v) is 10.6. The molecule has 6 atom stereocenters. The SMILES string of the molecule is COC1(C2CCC(Cl)C(B(O)O)C2)OOC12C1CCCC2CC2=C(CCCC2)C1. The zero-order valence-electron chi connectivity index (χ0n) is 17.4. The normalized spacial score (nSPS) is 47.4. The minimum Gasteiger partial charge on any atom is -0.427 e. The summed E-state index contributed by atoms with van der Waals surface area (Å²) >= 11 is 6.44. The first-order valence-corrected chi connectivity index (χ1v) is 12.1. The van der Waals surface area contributed by atoms with E-state index >= 15 is 0 Å². The van der Waals surface area contributed by atoms with E-state index < -0.39 is 18.5 Å². The predicted octanol–water partition coefficient (Wildman–Crippen LogP) is 4.36. The Morgan fingerprint density at radius 1 is 0.931 bits per heavy atom. The lowest BCUT2D eigenvalue weighted by atomic mass is 9.54. The average molecular weight is 425 g/mol. The number of ether oxygens (including phenoxy) is 1. The fourth-order valence-corrected chi connectivity index (χ4v) is 7.85. The van der Waals surface area contributed by atoms with Crippen LogP contribution in [0.15, 0.2) is 11.1 Å². The minimum absolute atomic E-state index is 0.0567. The molecule has 0 aromatic carbocycles. The van der Waals surface area contributed by atoms with Gasteiger partial charge in [-0.1, -0.05) is 17.6 Å². The molecule has 4 aliphatic carbocycles. The molecule has 1 saturated heterocycles. The van der Waals surface area contributed by atoms with Gasteiger partial charge in [0.15, 0.2) is 5.60 Å². The molecule has 5 nitrogen and oxygen atoms in total. The molecular weight excluding hydrogens is 391 g/mol. The summed E-state index contributed by atoms with van der Waals surface area (Å²) in [5.41, 5.74) is 2.93. The van der Waals surface area contributed by atoms with Crippen LogP contribution in [0.3, 0.4) is 0 Å². The highest BCUT2D eigenvalue weighted by molar-refractivity contribution is 6.45. The number of halogens is 1. The highest BCUT2D eigenvalue weighted by Crippen LogP contribution is 2.65. The lowest BCUT2D eigenvalue weighted by Crippen LogP contribution is -2.78. The summed E-state index contributed by atoms with van der Waals surface area (Å²) in [5, 5.41) is 19.6. The van der Waals surface area contributed by atoms with Crippen LogP contribution in [0.1, 0.15) is 77.0 Å². The monoisotopic (exact) mass is 424 g/mol. The first-order chi connectivity index (χ1) is 14.0. The quantitative estimate of drug-likeness (QED) is 0.305. The molecule has 162 valence electrons. The van der Waals surface area contributed by atoms with Crippen molar-refractivity contribution in [3.05, 3.63) is 11.1 Å². The summed E-state index contributed by atoms with van der Waals surface area (Å²) in [7, 11) is 0.337. The Morgan fingerprint density at radius 3 is 2.10 bits per heavy atom. The third kappa shape index (κ3) is 3.01. The number of methoxy groups -OCH3 is 1. The summed E-state index contributed by atoms with van der Waals surface area (Å²) < 4.78 is 6.24. The van der Waals surface area contributed by atoms with E-state index in [-0.39, 0.29) is 17.1 Å². The average Bonchev–Trinajstić information content (AvgIpc) is 2.77. The third-order valence-corrected chi connectivity index (χ3v) is 9.44. The smallest absolute Gasteiger partial charge is 0.427 e. The summed E-state index contributed by atoms with van der Waals surface area (Å²) in [4.78, 5) is 12.1. The molecule has 7 heteroatoms. The zero-order valence-corrected chi connectivity index (χ0v) is 18.2. The van der Waals surface area contributed by atoms with E-state index in [1.165, 1.54) is 32.1 Å². The molecule has 6 unspecified atom stereocenters. The van der Waals surface area contributed by atoms with Gasteiger partial charge in [-0.2, -0.15) is 4.89 Å². The fraction of sp³-hybridized carbons (Fsp3) is 0.909. The Labute approximate surface area is 179 Å². The van der Waals surface area contributed by atoms with E-state index in [2.05, 4.69) is 0 Å². The maximum absolute atomic E-state index is 9.89. The van der Waals surface area contributed by atoms with Crippen molar-refractivity contribution in [3.8, 4) is 0 Å². The van der Waals surface area contributed by atoms with E-state index in [0.717, 1.165) is 38.5 Å². The van der Waals surface area contributed by atoms with E-state index in [1.807, 2.05) is 0 Å². The Balaban J connectivity index is 1.49. The van der Waals surface area contributed by atoms with Crippen molar-refractivity contribution in [3.63, 3.8) is 0 Å². The largest absolute Gasteiger partial charge is 0.456 e. The Kier molecular flexibility index (Phi) is 5.58. The number of rotatable bonds is 3. The molecule has 0 aromatic heterocycles. The van der Waals surface area contributed by atoms with Gasteiger partial charge < -0.3 is 14.8 Å². The lowest BCUT2D eigenvalue weighted by molar-refractivity contribution is -0.640. The molecule has 1 spiro atoms. The predicted molar refractivity (Wildman–Crippen MR) is 111 cm³/mol. The van der Waals surface area contributed by atoms with Crippen LogP contribution in [0.5, 0.6) is 0 Å². The van der Waals surface area contributed by atoms with Crippen molar-refractivity contribution in [1.29, 1.82) is 0 Å². The van der Waals surface area contributed by atoms with Crippen LogP contribution in [0.4, 0.5) is 0 Å². The van der Waals surface area contributed by atoms with Crippen LogP contribution in [-0.2, 0) is 14.5 Å². The summed E-state index contributed by atoms with van der Waals surface area (Å²) in [6.07, 6.45) is 13.1. The summed E-state index contributed by atoms with van der Waals surface area (Å²) in [6.45, 7) is 0. The third-order valence-electron chi connectivity index (χ3n) is 8.89. The van der Waals surface area contributed by atoms with Gasteiger partial charge in [-0.25, -0.2) is 4.89 Å². The molecule has 5 aliphatic rings. The van der Waals surface area contributed by atoms with Gasteiger partial charge in [0, 0.05) is 36.1 Å². The van der Waals surface area contributed by atoms with Gasteiger partial charge in [0.1, 0.15) is 0 Å². The van der Waals surface area contributed by atoms with Gasteiger partial charge in [-0.3, -0.25) is 0 Å². The first-order valence-electron chi connectivity index (χ1n) is 11.6. The van der Waals surface area contributed by atoms with Crippen molar-refractivity contribution in [1.82, 2.24) is 0 Å². The van der Waals surface area contributed by atoms with Crippen molar-refractivity contribution < 1.29 is 24.6 Å². The van der Waals surface area contributed by atoms with E-state index in [9.17, 15) is 10.0 Å². The van der Waals surface area contributed by atoms with Crippen molar-refractivity contribution in [2.24, 2.45) is 17.8 Å². The van der Waals surface area contributed by atoms with Gasteiger partial charge in [-0.15, -0.1) is 11.6 Å². The molecule has 5 rings (SSSR count). The van der Waals surface area contributed by atoms with Gasteiger partial charge in [0.05, 0.1) is 0 Å². The van der Waals surface area contributed by atoms with E-state index in [0.29, 0.717) is 18.3 Å². The highest BCUT2D eigenvalue weighted by Gasteiger charge is 2.75. The van der Waals surface area contributed by atoms with Crippen LogP contribution in [0.25, 0.3) is 0 Å². The summed E-state index contributed by atoms with van der Waals surface area (Å²) in [5.74, 6) is -0.290. The topological polar surface area (TPSA) is 68.2 Å². The van der Waals surface area contributed by atoms with Gasteiger partial charge in [0.25, 0.3) is 0 Å². The standard InChI is InChI=1S/C22H34BClO5/c1-27-22(18-9-10-20(24)19(13-18)23(25)26)21(28-29-22)16-7-4-8-17(21)12-15-6-3-2-5-14(15)11-16/h16-20,25-26H,2-13H2,1H3. The van der Waals surface area contributed by atoms with E-state index in [1.54, 1.807) is 18.3 Å². The van der Waals surface area contributed by atoms with Crippen LogP contribution in [-0.4, -0.2) is 41.0 Å². The first kappa shape index (κ1) is 20.8. The molecule has 2 N–H and O–H groups in total. The highest BCUT2D eigenvalue weighted by atomic mass is 35.5. The molecule has 1 aliphatic heterocycles. The molecule has 1 heterocycles. The van der Waals surface area contributed by atoms with Crippen LogP contribution < -0.4 is 0 Å². The second kappa shape index (κ2) is 7.79. The Morgan fingerprint density at radius 2 is 1.59 bits per heavy atom. The molecular formula is C22H34BClO5. The maximum Gasteiger partial charge on any atom is 0.456 e. The number of hydrogen-bond acceptors (Lipinski definition) is 5. The second-order valence-electron chi connectivity index (χ2n) is 10.1. The fourth-order valence-electron chi connectivity index (χ4n) is 7.49. The lowest BCUT2D eigenvalue weighted by Gasteiger charge is -2.65. The molecule has 0 aromatic rings. The molecule has 2 saturated carbocycles. The number of hydrogen-bond donors (Lipinski definition) is 2. The Bertz CT molecular complexity index is 640. The van der Waals surface area contributed by atoms with Crippen LogP contribution in [0.2, 0.25) is 5.82 Å². The zero-order chi connectivity index (χ0) is 20.2. The van der Waals surface area contributed by atoms with Crippen LogP contribution >= 0.6 is 11.6 Å². The number of allylic oxidation sites excluding steroid dienone is 2. The van der Waals surface area contributed by atoms with Crippen molar-refractivity contribution in [2.45, 2.75) is 99.6 Å². The Hall–Kier alpha value is -0.105. The molecule has 29 heavy (non-hydrogen) atoms. The molecule has 2 bridgehead atoms. The summed E-state index contributed by atoms with van der Waals surface area (Å²) in [6, 6.07) is 0. The maximum atomic E-state index is 9.89. The number of alkyl halides is 1. The van der Waals surface area contributed by atoms with Gasteiger partial charge >= 0.3 is 7.12 Å². The molecule has 3 fully saturated rings.